The second-order valence-electron chi connectivity index (χ2n) is 14.2. The summed E-state index contributed by atoms with van der Waals surface area (Å²) in [6.45, 7) is 1.50. The lowest BCUT2D eigenvalue weighted by atomic mass is 10.0. The van der Waals surface area contributed by atoms with Gasteiger partial charge in [-0.2, -0.15) is 0 Å². The van der Waals surface area contributed by atoms with Crippen LogP contribution in [0.15, 0.2) is 84.9 Å². The van der Waals surface area contributed by atoms with Gasteiger partial charge in [0.1, 0.15) is 30.2 Å². The third-order valence-electron chi connectivity index (χ3n) is 9.65. The number of nitro groups is 1. The molecule has 7 amide bonds. The molecule has 0 aliphatic carbocycles. The average Bonchev–Trinajstić information content (AvgIpc) is 3.72. The van der Waals surface area contributed by atoms with E-state index < -0.39 is 88.9 Å². The Morgan fingerprint density at radius 1 is 0.750 bits per heavy atom. The van der Waals surface area contributed by atoms with E-state index in [9.17, 15) is 48.5 Å². The number of carboxylic acids is 1. The number of likely N-dealkylation sites (tertiary alicyclic amines) is 1. The quantitative estimate of drug-likeness (QED) is 0.0590. The second-order valence-corrected chi connectivity index (χ2v) is 14.2. The first-order valence-electron chi connectivity index (χ1n) is 19.3. The van der Waals surface area contributed by atoms with E-state index in [1.165, 1.54) is 36.1 Å². The van der Waals surface area contributed by atoms with Gasteiger partial charge in [0.15, 0.2) is 0 Å². The molecule has 19 heteroatoms. The summed E-state index contributed by atoms with van der Waals surface area (Å²) in [6, 6.07) is 16.5. The predicted molar refractivity (Wildman–Crippen MR) is 215 cm³/mol. The van der Waals surface area contributed by atoms with Gasteiger partial charge < -0.3 is 42.3 Å². The number of nitrogens with zero attached hydrogens (tertiary/aromatic N) is 2. The van der Waals surface area contributed by atoms with Gasteiger partial charge in [0.25, 0.3) is 5.69 Å². The number of rotatable bonds is 21. The number of hydrogen-bond acceptors (Lipinski definition) is 10. The van der Waals surface area contributed by atoms with Crippen molar-refractivity contribution in [3.8, 4) is 0 Å². The molecule has 1 heterocycles. The molecule has 8 N–H and O–H groups in total. The van der Waals surface area contributed by atoms with E-state index in [4.69, 9.17) is 10.8 Å². The van der Waals surface area contributed by atoms with E-state index >= 15 is 0 Å². The van der Waals surface area contributed by atoms with Crippen molar-refractivity contribution in [2.24, 2.45) is 5.73 Å². The lowest BCUT2D eigenvalue weighted by molar-refractivity contribution is -0.384. The molecule has 0 bridgehead atoms. The highest BCUT2D eigenvalue weighted by Gasteiger charge is 2.39. The second kappa shape index (κ2) is 22.1. The number of anilines is 1. The van der Waals surface area contributed by atoms with Crippen molar-refractivity contribution in [2.75, 3.05) is 11.9 Å². The SMILES string of the molecule is C[C@H](NC(=O)CCC(=O)O)C(=O)N[C@@H](Cc1ccccc1)C(=O)N1CCC[C@H]1C(=O)N[C@@H](CCC(N)=O)C(=O)N[C@@H](Cc1ccccc1)C(=O)Nc1ccc([N+](=O)[O-])cc1. The molecular weight excluding hydrogens is 780 g/mol. The molecule has 4 rings (SSSR count). The zero-order chi connectivity index (χ0) is 43.8. The number of benzene rings is 3. The molecule has 318 valence electrons. The van der Waals surface area contributed by atoms with Gasteiger partial charge in [0.2, 0.25) is 41.4 Å². The number of carbonyl (C=O) groups is 8. The summed E-state index contributed by atoms with van der Waals surface area (Å²) in [5.74, 6) is -6.18. The van der Waals surface area contributed by atoms with Gasteiger partial charge in [-0.15, -0.1) is 0 Å². The van der Waals surface area contributed by atoms with E-state index in [1.54, 1.807) is 60.7 Å². The number of amides is 7. The molecule has 5 atom stereocenters. The first kappa shape index (κ1) is 45.5. The van der Waals surface area contributed by atoms with Crippen molar-refractivity contribution >= 4 is 58.7 Å². The molecule has 0 unspecified atom stereocenters. The Balaban J connectivity index is 1.52. The summed E-state index contributed by atoms with van der Waals surface area (Å²) < 4.78 is 0. The molecule has 0 radical (unpaired) electrons. The van der Waals surface area contributed by atoms with Crippen molar-refractivity contribution in [3.63, 3.8) is 0 Å². The van der Waals surface area contributed by atoms with Crippen molar-refractivity contribution in [1.82, 2.24) is 26.2 Å². The zero-order valence-electron chi connectivity index (χ0n) is 32.8. The summed E-state index contributed by atoms with van der Waals surface area (Å²) in [5, 5.41) is 33.0. The topological polar surface area (TPSA) is 289 Å². The predicted octanol–water partition coefficient (Wildman–Crippen LogP) is 1.10. The van der Waals surface area contributed by atoms with Crippen LogP contribution in [0.25, 0.3) is 0 Å². The van der Waals surface area contributed by atoms with Gasteiger partial charge in [-0.25, -0.2) is 0 Å². The maximum atomic E-state index is 14.2. The monoisotopic (exact) mass is 828 g/mol. The Bertz CT molecular complexity index is 2030. The number of nitro benzene ring substituents is 1. The van der Waals surface area contributed by atoms with Crippen LogP contribution in [0.5, 0.6) is 0 Å². The number of aliphatic carboxylic acids is 1. The molecule has 3 aromatic carbocycles. The largest absolute Gasteiger partial charge is 0.481 e. The van der Waals surface area contributed by atoms with E-state index in [1.807, 2.05) is 0 Å². The number of nitrogens with two attached hydrogens (primary N) is 1. The molecule has 3 aromatic rings. The highest BCUT2D eigenvalue weighted by Crippen LogP contribution is 2.21. The fraction of sp³-hybridized carbons (Fsp3) is 0.366. The Morgan fingerprint density at radius 2 is 1.33 bits per heavy atom. The van der Waals surface area contributed by atoms with E-state index in [0.717, 1.165) is 0 Å². The zero-order valence-corrected chi connectivity index (χ0v) is 32.8. The molecule has 0 saturated carbocycles. The van der Waals surface area contributed by atoms with Crippen LogP contribution in [0.1, 0.15) is 56.6 Å². The lowest BCUT2D eigenvalue weighted by Gasteiger charge is -2.30. The summed E-state index contributed by atoms with van der Waals surface area (Å²) in [7, 11) is 0. The van der Waals surface area contributed by atoms with Crippen LogP contribution < -0.4 is 32.3 Å². The fourth-order valence-corrected chi connectivity index (χ4v) is 6.50. The van der Waals surface area contributed by atoms with E-state index in [2.05, 4.69) is 26.6 Å². The van der Waals surface area contributed by atoms with E-state index in [-0.39, 0.29) is 56.4 Å². The Morgan fingerprint density at radius 3 is 1.90 bits per heavy atom. The van der Waals surface area contributed by atoms with Gasteiger partial charge in [0, 0.05) is 50.0 Å². The lowest BCUT2D eigenvalue weighted by Crippen LogP contribution is -2.59. The molecule has 1 aliphatic heterocycles. The maximum absolute atomic E-state index is 14.2. The third kappa shape index (κ3) is 14.0. The first-order chi connectivity index (χ1) is 28.6. The average molecular weight is 829 g/mol. The molecule has 60 heavy (non-hydrogen) atoms. The molecule has 19 nitrogen and oxygen atoms in total. The van der Waals surface area contributed by atoms with E-state index in [0.29, 0.717) is 17.5 Å². The van der Waals surface area contributed by atoms with Gasteiger partial charge >= 0.3 is 5.97 Å². The molecule has 0 spiro atoms. The van der Waals surface area contributed by atoms with Crippen LogP contribution in [-0.2, 0) is 51.2 Å². The minimum Gasteiger partial charge on any atom is -0.481 e. The summed E-state index contributed by atoms with van der Waals surface area (Å²) in [5.41, 5.74) is 6.79. The number of carbonyl (C=O) groups excluding carboxylic acids is 7. The van der Waals surface area contributed by atoms with Crippen molar-refractivity contribution in [2.45, 2.75) is 88.5 Å². The van der Waals surface area contributed by atoms with Crippen LogP contribution >= 0.6 is 0 Å². The standard InChI is InChI=1S/C41H48N8O11/c1-25(43-35(51)20-21-36(52)53)37(54)47-32(24-27-11-6-3-7-12-27)41(58)48-22-8-13-33(48)40(57)45-30(18-19-34(42)50)38(55)46-31(23-26-9-4-2-5-10-26)39(56)44-28-14-16-29(17-15-28)49(59)60/h2-7,9-12,14-17,25,30-33H,8,13,18-24H2,1H3,(H2,42,50)(H,43,51)(H,44,56)(H,45,57)(H,46,55)(H,47,54)(H,52,53)/t25-,30-,31-,32-,33-/m0/s1. The molecular formula is C41H48N8O11. The van der Waals surface area contributed by atoms with Gasteiger partial charge in [-0.05, 0) is 49.4 Å². The van der Waals surface area contributed by atoms with Crippen LogP contribution in [0.3, 0.4) is 0 Å². The number of non-ortho nitro benzene ring substituents is 1. The van der Waals surface area contributed by atoms with Gasteiger partial charge in [-0.3, -0.25) is 48.5 Å². The highest BCUT2D eigenvalue weighted by atomic mass is 16.6. The number of hydrogen-bond donors (Lipinski definition) is 7. The number of carboxylic acid groups (broad SMARTS) is 1. The summed E-state index contributed by atoms with van der Waals surface area (Å²) in [6.07, 6.45) is -0.753. The first-order valence-corrected chi connectivity index (χ1v) is 19.3. The van der Waals surface area contributed by atoms with Crippen LogP contribution in [-0.4, -0.2) is 99.0 Å². The molecule has 1 fully saturated rings. The third-order valence-corrected chi connectivity index (χ3v) is 9.65. The van der Waals surface area contributed by atoms with Crippen LogP contribution in [0.2, 0.25) is 0 Å². The summed E-state index contributed by atoms with van der Waals surface area (Å²) in [4.78, 5) is 116. The molecule has 0 aromatic heterocycles. The highest BCUT2D eigenvalue weighted by molar-refractivity contribution is 6.00. The van der Waals surface area contributed by atoms with Gasteiger partial charge in [-0.1, -0.05) is 60.7 Å². The Labute approximate surface area is 345 Å². The number of nitrogens with one attached hydrogen (secondary N) is 5. The summed E-state index contributed by atoms with van der Waals surface area (Å²) >= 11 is 0. The Hall–Kier alpha value is -7.18. The normalized spacial score (nSPS) is 15.3. The minimum atomic E-state index is -1.39. The maximum Gasteiger partial charge on any atom is 0.303 e. The minimum absolute atomic E-state index is 0.00589. The number of primary amides is 1. The van der Waals surface area contributed by atoms with Crippen molar-refractivity contribution in [3.05, 3.63) is 106 Å². The molecule has 1 aliphatic rings. The Kier molecular flexibility index (Phi) is 16.8. The van der Waals surface area contributed by atoms with Gasteiger partial charge in [0.05, 0.1) is 11.3 Å². The van der Waals surface area contributed by atoms with Crippen LogP contribution in [0.4, 0.5) is 11.4 Å². The van der Waals surface area contributed by atoms with Crippen LogP contribution in [0, 0.1) is 10.1 Å². The molecule has 1 saturated heterocycles. The van der Waals surface area contributed by atoms with Crippen molar-refractivity contribution < 1.29 is 48.4 Å². The smallest absolute Gasteiger partial charge is 0.303 e. The van der Waals surface area contributed by atoms with Crippen molar-refractivity contribution in [1.29, 1.82) is 0 Å². The fourth-order valence-electron chi connectivity index (χ4n) is 6.50.